The topological polar surface area (TPSA) is 60.8 Å². The summed E-state index contributed by atoms with van der Waals surface area (Å²) < 4.78 is 14.2. The smallest absolute Gasteiger partial charge is 0.417 e. The zero-order valence-corrected chi connectivity index (χ0v) is 21.8. The first-order valence-electron chi connectivity index (χ1n) is 11.2. The Hall–Kier alpha value is -2.39. The number of halogens is 1. The van der Waals surface area contributed by atoms with Gasteiger partial charge in [-0.05, 0) is 86.9 Å². The summed E-state index contributed by atoms with van der Waals surface area (Å²) in [6.45, 7) is 8.31. The molecule has 0 aliphatic heterocycles. The van der Waals surface area contributed by atoms with Crippen molar-refractivity contribution < 1.29 is 19.1 Å². The number of ether oxygens (including phenoxy) is 2. The van der Waals surface area contributed by atoms with Gasteiger partial charge in [0.05, 0.1) is 5.52 Å². The van der Waals surface area contributed by atoms with E-state index in [4.69, 9.17) is 9.47 Å². The Balaban J connectivity index is 1.90. The van der Waals surface area contributed by atoms with Gasteiger partial charge in [0.1, 0.15) is 18.0 Å². The van der Waals surface area contributed by atoms with Gasteiger partial charge in [0.2, 0.25) is 0 Å². The number of benzene rings is 2. The third-order valence-electron chi connectivity index (χ3n) is 5.10. The minimum absolute atomic E-state index is 0.232. The summed E-state index contributed by atoms with van der Waals surface area (Å²) in [5.41, 5.74) is 1.78. The molecule has 0 spiro atoms. The monoisotopic (exact) mass is 562 g/mol. The highest BCUT2D eigenvalue weighted by atomic mass is 127. The number of rotatable bonds is 8. The van der Waals surface area contributed by atoms with Gasteiger partial charge in [-0.25, -0.2) is 9.69 Å². The molecule has 0 aliphatic rings. The molecular weight excluding hydrogens is 531 g/mol. The second-order valence-electron chi connectivity index (χ2n) is 8.77. The van der Waals surface area contributed by atoms with Crippen LogP contribution in [0.4, 0.5) is 4.79 Å². The van der Waals surface area contributed by atoms with E-state index in [0.29, 0.717) is 18.7 Å². The summed E-state index contributed by atoms with van der Waals surface area (Å²) in [5.74, 6) is -0.386. The van der Waals surface area contributed by atoms with Crippen molar-refractivity contribution in [1.29, 1.82) is 0 Å². The van der Waals surface area contributed by atoms with Crippen molar-refractivity contribution in [3.05, 3.63) is 69.4 Å². The van der Waals surface area contributed by atoms with Crippen LogP contribution in [0.15, 0.2) is 54.6 Å². The summed E-state index contributed by atoms with van der Waals surface area (Å²) in [6, 6.07) is 17.7. The van der Waals surface area contributed by atoms with Crippen LogP contribution in [0.3, 0.4) is 0 Å². The first kappa shape index (κ1) is 25.2. The maximum absolute atomic E-state index is 13.7. The molecular formula is C26H31IN2O4. The maximum atomic E-state index is 13.7. The normalized spacial score (nSPS) is 11.5. The van der Waals surface area contributed by atoms with E-state index in [-0.39, 0.29) is 19.2 Å². The molecule has 0 radical (unpaired) electrons. The van der Waals surface area contributed by atoms with Crippen LogP contribution in [0.5, 0.6) is 0 Å². The van der Waals surface area contributed by atoms with E-state index in [1.54, 1.807) is 20.8 Å². The van der Waals surface area contributed by atoms with Gasteiger partial charge in [0.25, 0.3) is 5.91 Å². The van der Waals surface area contributed by atoms with Crippen LogP contribution in [0, 0.1) is 3.57 Å². The molecule has 0 atom stereocenters. The van der Waals surface area contributed by atoms with Crippen LogP contribution in [-0.2, 0) is 22.6 Å². The van der Waals surface area contributed by atoms with E-state index in [2.05, 4.69) is 34.7 Å². The zero-order valence-electron chi connectivity index (χ0n) is 19.6. The number of nitrogens with zero attached hydrogens (tertiary/aromatic N) is 2. The fourth-order valence-corrected chi connectivity index (χ4v) is 4.23. The van der Waals surface area contributed by atoms with Crippen LogP contribution in [0.25, 0.3) is 10.9 Å². The van der Waals surface area contributed by atoms with E-state index in [1.807, 2.05) is 54.0 Å². The second kappa shape index (κ2) is 11.2. The van der Waals surface area contributed by atoms with E-state index in [9.17, 15) is 9.59 Å². The number of fused-ring (bicyclic) bond motifs is 1. The highest BCUT2D eigenvalue weighted by molar-refractivity contribution is 14.1. The van der Waals surface area contributed by atoms with Crippen molar-refractivity contribution in [1.82, 2.24) is 9.47 Å². The molecule has 3 aromatic rings. The van der Waals surface area contributed by atoms with Crippen LogP contribution >= 0.6 is 22.6 Å². The Morgan fingerprint density at radius 1 is 1.06 bits per heavy atom. The Labute approximate surface area is 209 Å². The molecule has 6 nitrogen and oxygen atoms in total. The molecule has 0 fully saturated rings. The molecule has 7 heteroatoms. The summed E-state index contributed by atoms with van der Waals surface area (Å²) in [6.07, 6.45) is 0.757. The quantitative estimate of drug-likeness (QED) is 0.305. The molecule has 2 aromatic carbocycles. The number of hydrogen-bond acceptors (Lipinski definition) is 4. The lowest BCUT2D eigenvalue weighted by atomic mass is 10.1. The van der Waals surface area contributed by atoms with Gasteiger partial charge < -0.3 is 14.0 Å². The van der Waals surface area contributed by atoms with Crippen LogP contribution in [-0.4, -0.2) is 40.2 Å². The number of para-hydroxylation sites is 1. The molecule has 0 unspecified atom stereocenters. The summed E-state index contributed by atoms with van der Waals surface area (Å²) in [5, 5.41) is 0.920. The Kier molecular flexibility index (Phi) is 8.53. The number of carbonyl (C=O) groups is 2. The minimum atomic E-state index is -0.706. The molecule has 1 heterocycles. The van der Waals surface area contributed by atoms with Crippen molar-refractivity contribution in [2.24, 2.45) is 0 Å². The number of hydrogen-bond donors (Lipinski definition) is 0. The summed E-state index contributed by atoms with van der Waals surface area (Å²) in [4.78, 5) is 28.0. The van der Waals surface area contributed by atoms with Gasteiger partial charge in [-0.2, -0.15) is 0 Å². The van der Waals surface area contributed by atoms with Gasteiger partial charge >= 0.3 is 6.09 Å². The Morgan fingerprint density at radius 2 is 1.76 bits per heavy atom. The Bertz CT molecular complexity index is 1120. The van der Waals surface area contributed by atoms with Crippen LogP contribution < -0.4 is 0 Å². The van der Waals surface area contributed by atoms with Gasteiger partial charge in [-0.1, -0.05) is 36.4 Å². The van der Waals surface area contributed by atoms with Crippen LogP contribution in [0.1, 0.15) is 50.2 Å². The Morgan fingerprint density at radius 3 is 2.45 bits per heavy atom. The number of amides is 2. The SMILES string of the molecule is CCOCn1c(C(=O)N(CCCc2ccccc2I)C(=O)OC(C)(C)C)cc2ccccc21. The van der Waals surface area contributed by atoms with Crippen molar-refractivity contribution in [2.75, 3.05) is 13.2 Å². The fourth-order valence-electron chi connectivity index (χ4n) is 3.57. The number of carbonyl (C=O) groups excluding carboxylic acids is 2. The van der Waals surface area contributed by atoms with Gasteiger partial charge in [0, 0.05) is 22.1 Å². The second-order valence-corrected chi connectivity index (χ2v) is 9.93. The fraction of sp³-hybridized carbons (Fsp3) is 0.385. The molecule has 0 aliphatic carbocycles. The molecule has 1 aromatic heterocycles. The molecule has 0 saturated heterocycles. The van der Waals surface area contributed by atoms with Gasteiger partial charge in [-0.15, -0.1) is 0 Å². The highest BCUT2D eigenvalue weighted by Gasteiger charge is 2.30. The van der Waals surface area contributed by atoms with E-state index in [1.165, 1.54) is 14.0 Å². The average Bonchev–Trinajstić information content (AvgIpc) is 3.13. The first-order valence-corrected chi connectivity index (χ1v) is 12.2. The lowest BCUT2D eigenvalue weighted by Gasteiger charge is -2.26. The summed E-state index contributed by atoms with van der Waals surface area (Å²) >= 11 is 2.31. The molecule has 2 amide bonds. The van der Waals surface area contributed by atoms with Crippen molar-refractivity contribution in [2.45, 2.75) is 52.9 Å². The van der Waals surface area contributed by atoms with Gasteiger partial charge in [-0.3, -0.25) is 4.79 Å². The van der Waals surface area contributed by atoms with Crippen LogP contribution in [0.2, 0.25) is 0 Å². The third-order valence-corrected chi connectivity index (χ3v) is 6.15. The summed E-state index contributed by atoms with van der Waals surface area (Å²) in [7, 11) is 0. The largest absolute Gasteiger partial charge is 0.443 e. The standard InChI is InChI=1S/C26H31IN2O4/c1-5-32-18-29-22-15-9-7-12-20(22)17-23(29)24(30)28(25(31)33-26(2,3)4)16-10-13-19-11-6-8-14-21(19)27/h6-9,11-12,14-15,17H,5,10,13,16,18H2,1-4H3. The molecule has 0 bridgehead atoms. The molecule has 33 heavy (non-hydrogen) atoms. The lowest BCUT2D eigenvalue weighted by Crippen LogP contribution is -2.42. The lowest BCUT2D eigenvalue weighted by molar-refractivity contribution is 0.0230. The molecule has 0 N–H and O–H groups in total. The number of aromatic nitrogens is 1. The highest BCUT2D eigenvalue weighted by Crippen LogP contribution is 2.23. The number of imide groups is 1. The van der Waals surface area contributed by atoms with E-state index >= 15 is 0 Å². The maximum Gasteiger partial charge on any atom is 0.417 e. The van der Waals surface area contributed by atoms with E-state index < -0.39 is 11.7 Å². The first-order chi connectivity index (χ1) is 15.7. The predicted molar refractivity (Wildman–Crippen MR) is 138 cm³/mol. The minimum Gasteiger partial charge on any atom is -0.443 e. The van der Waals surface area contributed by atoms with Crippen molar-refractivity contribution >= 4 is 45.5 Å². The number of aryl methyl sites for hydroxylation is 1. The van der Waals surface area contributed by atoms with E-state index in [0.717, 1.165) is 17.3 Å². The van der Waals surface area contributed by atoms with Crippen molar-refractivity contribution in [3.8, 4) is 0 Å². The molecule has 3 rings (SSSR count). The average molecular weight is 562 g/mol. The third kappa shape index (κ3) is 6.57. The van der Waals surface area contributed by atoms with Crippen molar-refractivity contribution in [3.63, 3.8) is 0 Å². The zero-order chi connectivity index (χ0) is 24.0. The van der Waals surface area contributed by atoms with Gasteiger partial charge in [0.15, 0.2) is 0 Å². The molecule has 0 saturated carbocycles. The molecule has 176 valence electrons. The predicted octanol–water partition coefficient (Wildman–Crippen LogP) is 6.25.